The van der Waals surface area contributed by atoms with Gasteiger partial charge in [0, 0.05) is 12.8 Å². The van der Waals surface area contributed by atoms with Crippen molar-refractivity contribution in [2.24, 2.45) is 0 Å². The zero-order valence-corrected chi connectivity index (χ0v) is 10.4. The molecular formula is C11H19N3O3. The molecule has 96 valence electrons. The van der Waals surface area contributed by atoms with Gasteiger partial charge in [-0.2, -0.15) is 4.98 Å². The third kappa shape index (κ3) is 5.44. The molecule has 6 nitrogen and oxygen atoms in total. The second-order valence-electron chi connectivity index (χ2n) is 3.54. The molecule has 0 atom stereocenters. The second-order valence-corrected chi connectivity index (χ2v) is 3.54. The molecule has 1 aromatic rings. The minimum absolute atomic E-state index is 0.152. The van der Waals surface area contributed by atoms with E-state index < -0.39 is 0 Å². The van der Waals surface area contributed by atoms with Crippen LogP contribution in [-0.2, 0) is 22.5 Å². The number of aryl methyl sites for hydroxylation is 1. The predicted molar refractivity (Wildman–Crippen MR) is 61.2 cm³/mol. The summed E-state index contributed by atoms with van der Waals surface area (Å²) in [5.41, 5.74) is 0. The van der Waals surface area contributed by atoms with Crippen molar-refractivity contribution in [1.29, 1.82) is 0 Å². The van der Waals surface area contributed by atoms with Crippen molar-refractivity contribution in [2.45, 2.75) is 39.7 Å². The number of nitrogens with zero attached hydrogens (tertiary/aromatic N) is 2. The Balaban J connectivity index is 2.06. The van der Waals surface area contributed by atoms with Gasteiger partial charge in [-0.15, -0.1) is 0 Å². The summed E-state index contributed by atoms with van der Waals surface area (Å²) in [5, 5.41) is 6.92. The fourth-order valence-corrected chi connectivity index (χ4v) is 1.29. The molecule has 17 heavy (non-hydrogen) atoms. The summed E-state index contributed by atoms with van der Waals surface area (Å²) in [4.78, 5) is 15.2. The molecule has 0 bridgehead atoms. The Bertz CT molecular complexity index is 338. The molecule has 0 amide bonds. The lowest BCUT2D eigenvalue weighted by Gasteiger charge is -2.02. The van der Waals surface area contributed by atoms with Crippen LogP contribution in [0.4, 0.5) is 0 Å². The van der Waals surface area contributed by atoms with E-state index in [-0.39, 0.29) is 5.97 Å². The van der Waals surface area contributed by atoms with E-state index in [4.69, 9.17) is 9.26 Å². The van der Waals surface area contributed by atoms with Crippen LogP contribution < -0.4 is 5.32 Å². The maximum Gasteiger partial charge on any atom is 0.305 e. The van der Waals surface area contributed by atoms with Crippen molar-refractivity contribution in [3.8, 4) is 0 Å². The molecule has 1 aromatic heterocycles. The Labute approximate surface area is 101 Å². The monoisotopic (exact) mass is 241 g/mol. The Morgan fingerprint density at radius 2 is 2.29 bits per heavy atom. The summed E-state index contributed by atoms with van der Waals surface area (Å²) in [5.74, 6) is 1.15. The van der Waals surface area contributed by atoms with Gasteiger partial charge in [-0.25, -0.2) is 0 Å². The third-order valence-corrected chi connectivity index (χ3v) is 2.14. The zero-order chi connectivity index (χ0) is 12.5. The fourth-order valence-electron chi connectivity index (χ4n) is 1.29. The molecular weight excluding hydrogens is 222 g/mol. The molecule has 0 aliphatic rings. The van der Waals surface area contributed by atoms with E-state index in [9.17, 15) is 4.79 Å². The normalized spacial score (nSPS) is 10.5. The minimum atomic E-state index is -0.152. The lowest BCUT2D eigenvalue weighted by atomic mass is 10.3. The summed E-state index contributed by atoms with van der Waals surface area (Å²) in [7, 11) is 0. The number of ether oxygens (including phenoxy) is 1. The van der Waals surface area contributed by atoms with E-state index in [2.05, 4.69) is 15.5 Å². The van der Waals surface area contributed by atoms with E-state index in [1.807, 2.05) is 6.92 Å². The van der Waals surface area contributed by atoms with Crippen LogP contribution in [0.2, 0.25) is 0 Å². The molecule has 0 radical (unpaired) electrons. The van der Waals surface area contributed by atoms with Crippen molar-refractivity contribution >= 4 is 5.97 Å². The van der Waals surface area contributed by atoms with Gasteiger partial charge in [-0.1, -0.05) is 12.1 Å². The Morgan fingerprint density at radius 3 is 2.94 bits per heavy atom. The average molecular weight is 241 g/mol. The molecule has 1 heterocycles. The first-order valence-electron chi connectivity index (χ1n) is 5.94. The van der Waals surface area contributed by atoms with E-state index in [1.165, 1.54) is 0 Å². The Morgan fingerprint density at radius 1 is 1.47 bits per heavy atom. The van der Waals surface area contributed by atoms with Gasteiger partial charge in [-0.3, -0.25) is 4.79 Å². The number of aromatic nitrogens is 2. The van der Waals surface area contributed by atoms with Crippen molar-refractivity contribution in [3.63, 3.8) is 0 Å². The average Bonchev–Trinajstić information content (AvgIpc) is 2.77. The standard InChI is InChI=1S/C11H19N3O3/c1-3-9-13-10(17-14-9)8-12-7-5-6-11(15)16-4-2/h12H,3-8H2,1-2H3. The molecule has 0 aliphatic carbocycles. The minimum Gasteiger partial charge on any atom is -0.466 e. The van der Waals surface area contributed by atoms with Gasteiger partial charge in [0.15, 0.2) is 5.82 Å². The van der Waals surface area contributed by atoms with Crippen molar-refractivity contribution < 1.29 is 14.1 Å². The highest BCUT2D eigenvalue weighted by Crippen LogP contribution is 1.97. The quantitative estimate of drug-likeness (QED) is 0.542. The summed E-state index contributed by atoms with van der Waals surface area (Å²) >= 11 is 0. The van der Waals surface area contributed by atoms with Crippen LogP contribution in [0.25, 0.3) is 0 Å². The molecule has 1 N–H and O–H groups in total. The molecule has 0 saturated heterocycles. The number of hydrogen-bond donors (Lipinski definition) is 1. The van der Waals surface area contributed by atoms with Crippen LogP contribution in [0, 0.1) is 0 Å². The first-order valence-corrected chi connectivity index (χ1v) is 5.94. The lowest BCUT2D eigenvalue weighted by Crippen LogP contribution is -2.16. The van der Waals surface area contributed by atoms with Gasteiger partial charge in [0.05, 0.1) is 13.2 Å². The van der Waals surface area contributed by atoms with Crippen molar-refractivity contribution in [2.75, 3.05) is 13.2 Å². The number of hydrogen-bond acceptors (Lipinski definition) is 6. The van der Waals surface area contributed by atoms with Gasteiger partial charge in [-0.05, 0) is 19.9 Å². The van der Waals surface area contributed by atoms with E-state index in [0.29, 0.717) is 31.3 Å². The molecule has 0 fully saturated rings. The van der Waals surface area contributed by atoms with E-state index in [0.717, 1.165) is 19.4 Å². The fraction of sp³-hybridized carbons (Fsp3) is 0.727. The van der Waals surface area contributed by atoms with Gasteiger partial charge >= 0.3 is 5.97 Å². The van der Waals surface area contributed by atoms with Gasteiger partial charge in [0.1, 0.15) is 0 Å². The van der Waals surface area contributed by atoms with Crippen LogP contribution in [0.15, 0.2) is 4.52 Å². The van der Waals surface area contributed by atoms with Crippen LogP contribution >= 0.6 is 0 Å². The van der Waals surface area contributed by atoms with Crippen molar-refractivity contribution in [3.05, 3.63) is 11.7 Å². The number of carbonyl (C=O) groups is 1. The van der Waals surface area contributed by atoms with E-state index in [1.54, 1.807) is 6.92 Å². The topological polar surface area (TPSA) is 77.2 Å². The zero-order valence-electron chi connectivity index (χ0n) is 10.4. The Hall–Kier alpha value is -1.43. The highest BCUT2D eigenvalue weighted by molar-refractivity contribution is 5.69. The van der Waals surface area contributed by atoms with E-state index >= 15 is 0 Å². The van der Waals surface area contributed by atoms with Gasteiger partial charge in [0.2, 0.25) is 5.89 Å². The summed E-state index contributed by atoms with van der Waals surface area (Å²) in [6.07, 6.45) is 1.95. The maximum atomic E-state index is 11.0. The number of carbonyl (C=O) groups excluding carboxylic acids is 1. The maximum absolute atomic E-state index is 11.0. The molecule has 0 saturated carbocycles. The summed E-state index contributed by atoms with van der Waals surface area (Å²) < 4.78 is 9.82. The predicted octanol–water partition coefficient (Wildman–Crippen LogP) is 1.06. The summed E-state index contributed by atoms with van der Waals surface area (Å²) in [6.45, 7) is 5.48. The molecule has 0 spiro atoms. The third-order valence-electron chi connectivity index (χ3n) is 2.14. The number of nitrogens with one attached hydrogen (secondary N) is 1. The molecule has 0 aliphatic heterocycles. The smallest absolute Gasteiger partial charge is 0.305 e. The highest BCUT2D eigenvalue weighted by Gasteiger charge is 2.04. The van der Waals surface area contributed by atoms with Crippen LogP contribution in [0.1, 0.15) is 38.4 Å². The molecule has 0 aromatic carbocycles. The van der Waals surface area contributed by atoms with Crippen LogP contribution in [-0.4, -0.2) is 29.3 Å². The lowest BCUT2D eigenvalue weighted by molar-refractivity contribution is -0.143. The molecule has 1 rings (SSSR count). The number of esters is 1. The first kappa shape index (κ1) is 13.6. The SMILES string of the molecule is CCOC(=O)CCCNCc1nc(CC)no1. The summed E-state index contributed by atoms with van der Waals surface area (Å²) in [6, 6.07) is 0. The molecule has 0 unspecified atom stereocenters. The number of rotatable bonds is 8. The highest BCUT2D eigenvalue weighted by atomic mass is 16.5. The largest absolute Gasteiger partial charge is 0.466 e. The van der Waals surface area contributed by atoms with Gasteiger partial charge in [0.25, 0.3) is 0 Å². The van der Waals surface area contributed by atoms with Gasteiger partial charge < -0.3 is 14.6 Å². The second kappa shape index (κ2) is 7.78. The molecule has 6 heteroatoms. The van der Waals surface area contributed by atoms with Crippen molar-refractivity contribution in [1.82, 2.24) is 15.5 Å². The first-order chi connectivity index (χ1) is 8.26. The van der Waals surface area contributed by atoms with Crippen LogP contribution in [0.5, 0.6) is 0 Å². The van der Waals surface area contributed by atoms with Crippen LogP contribution in [0.3, 0.4) is 0 Å². The Kier molecular flexibility index (Phi) is 6.24.